The van der Waals surface area contributed by atoms with Gasteiger partial charge < -0.3 is 9.88 Å². The molecule has 3 aromatic rings. The van der Waals surface area contributed by atoms with E-state index < -0.39 is 20.0 Å². The first-order valence-electron chi connectivity index (χ1n) is 11.2. The largest absolute Gasteiger partial charge is 0.325 e. The number of carbonyl (C=O) groups excluding carboxylic acids is 1. The minimum absolute atomic E-state index is 0.0296. The first kappa shape index (κ1) is 25.6. The maximum absolute atomic E-state index is 13.1. The Bertz CT molecular complexity index is 1460. The molecule has 188 valence electrons. The van der Waals surface area contributed by atoms with Crippen LogP contribution in [0.3, 0.4) is 0 Å². The fourth-order valence-corrected chi connectivity index (χ4v) is 6.97. The van der Waals surface area contributed by atoms with Crippen molar-refractivity contribution < 1.29 is 21.6 Å². The molecular weight excluding hydrogens is 510 g/mol. The third-order valence-electron chi connectivity index (χ3n) is 5.73. The van der Waals surface area contributed by atoms with E-state index in [1.165, 1.54) is 34.3 Å². The number of nitrogens with one attached hydrogen (secondary N) is 1. The highest BCUT2D eigenvalue weighted by molar-refractivity contribution is 7.99. The number of imidazole rings is 1. The van der Waals surface area contributed by atoms with Gasteiger partial charge in [-0.1, -0.05) is 24.2 Å². The lowest BCUT2D eigenvalue weighted by Gasteiger charge is -2.25. The summed E-state index contributed by atoms with van der Waals surface area (Å²) in [4.78, 5) is 17.2. The van der Waals surface area contributed by atoms with Crippen molar-refractivity contribution in [2.45, 2.75) is 47.7 Å². The second-order valence-corrected chi connectivity index (χ2v) is 12.6. The van der Waals surface area contributed by atoms with E-state index in [-0.39, 0.29) is 21.5 Å². The fourth-order valence-electron chi connectivity index (χ4n) is 4.00. The van der Waals surface area contributed by atoms with E-state index >= 15 is 0 Å². The lowest BCUT2D eigenvalue weighted by Crippen LogP contribution is -2.35. The number of sulfonamides is 2. The van der Waals surface area contributed by atoms with Crippen molar-refractivity contribution in [2.75, 3.05) is 24.2 Å². The maximum Gasteiger partial charge on any atom is 0.243 e. The van der Waals surface area contributed by atoms with Gasteiger partial charge in [0.15, 0.2) is 5.16 Å². The monoisotopic (exact) mass is 537 g/mol. The molecule has 1 saturated heterocycles. The number of aromatic nitrogens is 2. The van der Waals surface area contributed by atoms with Crippen LogP contribution in [0.1, 0.15) is 26.2 Å². The standard InChI is InChI=1S/C22H27N5O5S3/c1-2-27-20-10-9-18(35(31,32)26-11-4-3-5-12-26)14-19(20)25-22(27)33-15-21(28)24-16-7-6-8-17(13-16)34(23,29)30/h6-10,13-14H,2-5,11-12,15H2,1H3,(H,24,28)(H2,23,29,30). The number of nitrogens with two attached hydrogens (primary N) is 1. The van der Waals surface area contributed by atoms with E-state index in [0.717, 1.165) is 24.8 Å². The van der Waals surface area contributed by atoms with E-state index in [2.05, 4.69) is 10.3 Å². The van der Waals surface area contributed by atoms with Crippen molar-refractivity contribution in [1.29, 1.82) is 0 Å². The van der Waals surface area contributed by atoms with E-state index in [1.54, 1.807) is 24.3 Å². The van der Waals surface area contributed by atoms with Crippen LogP contribution in [0.15, 0.2) is 57.4 Å². The van der Waals surface area contributed by atoms with Crippen LogP contribution in [0.2, 0.25) is 0 Å². The number of benzene rings is 2. The van der Waals surface area contributed by atoms with Crippen LogP contribution in [0.25, 0.3) is 11.0 Å². The zero-order valence-electron chi connectivity index (χ0n) is 19.2. The summed E-state index contributed by atoms with van der Waals surface area (Å²) < 4.78 is 52.6. The average Bonchev–Trinajstić information content (AvgIpc) is 3.19. The second kappa shape index (κ2) is 10.3. The number of nitrogens with zero attached hydrogens (tertiary/aromatic N) is 3. The molecule has 1 aromatic heterocycles. The number of hydrogen-bond donors (Lipinski definition) is 2. The maximum atomic E-state index is 13.1. The van der Waals surface area contributed by atoms with Gasteiger partial charge in [-0.25, -0.2) is 27.0 Å². The van der Waals surface area contributed by atoms with Gasteiger partial charge >= 0.3 is 0 Å². The van der Waals surface area contributed by atoms with Crippen molar-refractivity contribution in [3.8, 4) is 0 Å². The quantitative estimate of drug-likeness (QED) is 0.420. The molecule has 0 bridgehead atoms. The highest BCUT2D eigenvalue weighted by Gasteiger charge is 2.26. The molecular formula is C22H27N5O5S3. The highest BCUT2D eigenvalue weighted by Crippen LogP contribution is 2.28. The van der Waals surface area contributed by atoms with Crippen molar-refractivity contribution >= 4 is 54.4 Å². The topological polar surface area (TPSA) is 144 Å². The minimum atomic E-state index is -3.88. The molecule has 4 rings (SSSR count). The summed E-state index contributed by atoms with van der Waals surface area (Å²) in [6, 6.07) is 10.7. The Morgan fingerprint density at radius 1 is 1.06 bits per heavy atom. The Kier molecular flexibility index (Phi) is 7.52. The molecule has 2 heterocycles. The third kappa shape index (κ3) is 5.70. The molecule has 1 aliphatic rings. The summed E-state index contributed by atoms with van der Waals surface area (Å²) in [7, 11) is -7.45. The van der Waals surface area contributed by atoms with Crippen molar-refractivity contribution in [1.82, 2.24) is 13.9 Å². The number of anilines is 1. The molecule has 0 aliphatic carbocycles. The normalized spacial score (nSPS) is 15.4. The summed E-state index contributed by atoms with van der Waals surface area (Å²) in [6.45, 7) is 3.59. The molecule has 0 spiro atoms. The third-order valence-corrected chi connectivity index (χ3v) is 9.51. The Morgan fingerprint density at radius 3 is 2.49 bits per heavy atom. The summed E-state index contributed by atoms with van der Waals surface area (Å²) in [5.74, 6) is -0.313. The van der Waals surface area contributed by atoms with Gasteiger partial charge in [0.1, 0.15) is 0 Å². The molecule has 0 radical (unpaired) electrons. The van der Waals surface area contributed by atoms with Crippen LogP contribution in [0.4, 0.5) is 5.69 Å². The van der Waals surface area contributed by atoms with Crippen LogP contribution >= 0.6 is 11.8 Å². The van der Waals surface area contributed by atoms with E-state index in [1.807, 2.05) is 11.5 Å². The molecule has 1 fully saturated rings. The lowest BCUT2D eigenvalue weighted by atomic mass is 10.2. The first-order valence-corrected chi connectivity index (χ1v) is 15.1. The Morgan fingerprint density at radius 2 is 1.80 bits per heavy atom. The molecule has 2 aromatic carbocycles. The van der Waals surface area contributed by atoms with E-state index in [4.69, 9.17) is 5.14 Å². The van der Waals surface area contributed by atoms with Gasteiger partial charge in [-0.15, -0.1) is 0 Å². The molecule has 10 nitrogen and oxygen atoms in total. The van der Waals surface area contributed by atoms with E-state index in [0.29, 0.717) is 36.0 Å². The summed E-state index contributed by atoms with van der Waals surface area (Å²) in [6.07, 6.45) is 2.76. The molecule has 0 unspecified atom stereocenters. The first-order chi connectivity index (χ1) is 16.6. The van der Waals surface area contributed by atoms with Crippen molar-refractivity contribution in [3.05, 3.63) is 42.5 Å². The predicted molar refractivity (Wildman–Crippen MR) is 135 cm³/mol. The average molecular weight is 538 g/mol. The molecule has 0 saturated carbocycles. The van der Waals surface area contributed by atoms with Gasteiger partial charge in [-0.2, -0.15) is 4.31 Å². The molecule has 0 atom stereocenters. The molecule has 1 aliphatic heterocycles. The number of aryl methyl sites for hydroxylation is 1. The summed E-state index contributed by atoms with van der Waals surface area (Å²) in [5.41, 5.74) is 1.65. The number of carbonyl (C=O) groups is 1. The van der Waals surface area contributed by atoms with Crippen LogP contribution in [-0.4, -0.2) is 55.4 Å². The molecule has 1 amide bonds. The number of fused-ring (bicyclic) bond motifs is 1. The zero-order valence-corrected chi connectivity index (χ0v) is 21.6. The summed E-state index contributed by atoms with van der Waals surface area (Å²) in [5, 5.41) is 8.39. The summed E-state index contributed by atoms with van der Waals surface area (Å²) >= 11 is 1.21. The number of thioether (sulfide) groups is 1. The van der Waals surface area contributed by atoms with Crippen LogP contribution in [0, 0.1) is 0 Å². The Balaban J connectivity index is 1.51. The number of hydrogen-bond acceptors (Lipinski definition) is 7. The van der Waals surface area contributed by atoms with E-state index in [9.17, 15) is 21.6 Å². The van der Waals surface area contributed by atoms with Crippen LogP contribution in [0.5, 0.6) is 0 Å². The minimum Gasteiger partial charge on any atom is -0.325 e. The highest BCUT2D eigenvalue weighted by atomic mass is 32.2. The smallest absolute Gasteiger partial charge is 0.243 e. The Hall–Kier alpha value is -2.45. The molecule has 3 N–H and O–H groups in total. The van der Waals surface area contributed by atoms with Gasteiger partial charge in [-0.05, 0) is 56.2 Å². The van der Waals surface area contributed by atoms with Gasteiger partial charge in [0.25, 0.3) is 0 Å². The van der Waals surface area contributed by atoms with Crippen molar-refractivity contribution in [2.24, 2.45) is 5.14 Å². The number of rotatable bonds is 8. The van der Waals surface area contributed by atoms with Gasteiger partial charge in [0.05, 0.1) is 26.6 Å². The fraction of sp³-hybridized carbons (Fsp3) is 0.364. The number of piperidine rings is 1. The predicted octanol–water partition coefficient (Wildman–Crippen LogP) is 2.61. The zero-order chi connectivity index (χ0) is 25.2. The van der Waals surface area contributed by atoms with Crippen molar-refractivity contribution in [3.63, 3.8) is 0 Å². The number of amides is 1. The van der Waals surface area contributed by atoms with Gasteiger partial charge in [-0.3, -0.25) is 4.79 Å². The SMILES string of the molecule is CCn1c(SCC(=O)Nc2cccc(S(N)(=O)=O)c2)nc2cc(S(=O)(=O)N3CCCCC3)ccc21. The Labute approximate surface area is 209 Å². The lowest BCUT2D eigenvalue weighted by molar-refractivity contribution is -0.113. The van der Waals surface area contributed by atoms with Gasteiger partial charge in [0.2, 0.25) is 26.0 Å². The van der Waals surface area contributed by atoms with Crippen LogP contribution in [-0.2, 0) is 31.4 Å². The number of primary sulfonamides is 1. The second-order valence-electron chi connectivity index (χ2n) is 8.16. The molecule has 35 heavy (non-hydrogen) atoms. The van der Waals surface area contributed by atoms with Gasteiger partial charge in [0, 0.05) is 25.3 Å². The van der Waals surface area contributed by atoms with Crippen LogP contribution < -0.4 is 10.5 Å². The molecule has 13 heteroatoms.